The molecule has 2 heterocycles. The molecule has 3 fully saturated rings. The fourth-order valence-corrected chi connectivity index (χ4v) is 5.85. The molecule has 0 radical (unpaired) electrons. The normalized spacial score (nSPS) is 32.7. The highest BCUT2D eigenvalue weighted by Crippen LogP contribution is 2.42. The topological polar surface area (TPSA) is 61.3 Å². The minimum Gasteiger partial charge on any atom is -0.390 e. The average Bonchev–Trinajstić information content (AvgIpc) is 3.22. The third-order valence-corrected chi connectivity index (χ3v) is 7.09. The summed E-state index contributed by atoms with van der Waals surface area (Å²) in [5.41, 5.74) is -0.601. The van der Waals surface area contributed by atoms with Gasteiger partial charge in [-0.2, -0.15) is 0 Å². The molecule has 2 aliphatic carbocycles. The van der Waals surface area contributed by atoms with Crippen LogP contribution < -0.4 is 5.32 Å². The number of nitrogens with zero attached hydrogens (tertiary/aromatic N) is 3. The van der Waals surface area contributed by atoms with Gasteiger partial charge in [-0.1, -0.05) is 0 Å². The Morgan fingerprint density at radius 3 is 2.42 bits per heavy atom. The van der Waals surface area contributed by atoms with Gasteiger partial charge in [0.1, 0.15) is 11.6 Å². The molecule has 3 atom stereocenters. The quantitative estimate of drug-likeness (QED) is 0.703. The molecule has 2 N–H and O–H groups in total. The SMILES string of the molecule is CC1(O)CC(CN2C[C@H]3CC(Nc4ccc(-c5cc(F)cc(F)c5F)nn4)C[C@H]3C2)C1. The van der Waals surface area contributed by atoms with Crippen LogP contribution in [0.25, 0.3) is 11.3 Å². The molecule has 31 heavy (non-hydrogen) atoms. The smallest absolute Gasteiger partial charge is 0.168 e. The van der Waals surface area contributed by atoms with E-state index in [0.29, 0.717) is 35.7 Å². The van der Waals surface area contributed by atoms with E-state index in [0.717, 1.165) is 51.4 Å². The molecular weight excluding hydrogens is 405 g/mol. The minimum atomic E-state index is -1.24. The second-order valence-electron chi connectivity index (χ2n) is 9.88. The lowest BCUT2D eigenvalue weighted by Gasteiger charge is -2.42. The summed E-state index contributed by atoms with van der Waals surface area (Å²) < 4.78 is 40.8. The summed E-state index contributed by atoms with van der Waals surface area (Å²) in [5, 5.41) is 21.4. The molecule has 0 bridgehead atoms. The maximum absolute atomic E-state index is 14.0. The molecule has 1 aliphatic heterocycles. The predicted octanol–water partition coefficient (Wildman–Crippen LogP) is 3.84. The molecule has 0 amide bonds. The van der Waals surface area contributed by atoms with Crippen LogP contribution in [0.5, 0.6) is 0 Å². The molecule has 8 heteroatoms. The first-order chi connectivity index (χ1) is 14.8. The number of nitrogens with one attached hydrogen (secondary N) is 1. The summed E-state index contributed by atoms with van der Waals surface area (Å²) in [7, 11) is 0. The third kappa shape index (κ3) is 4.28. The van der Waals surface area contributed by atoms with Crippen molar-refractivity contribution in [3.8, 4) is 11.3 Å². The van der Waals surface area contributed by atoms with Crippen molar-refractivity contribution >= 4 is 5.82 Å². The van der Waals surface area contributed by atoms with Crippen LogP contribution in [-0.4, -0.2) is 51.5 Å². The number of benzene rings is 1. The molecule has 166 valence electrons. The molecule has 1 unspecified atom stereocenters. The Balaban J connectivity index is 1.15. The number of likely N-dealkylation sites (tertiary alicyclic amines) is 1. The number of aromatic nitrogens is 2. The first kappa shape index (κ1) is 20.7. The Labute approximate surface area is 179 Å². The Morgan fingerprint density at radius 1 is 1.10 bits per heavy atom. The largest absolute Gasteiger partial charge is 0.390 e. The second kappa shape index (κ2) is 7.74. The third-order valence-electron chi connectivity index (χ3n) is 7.09. The van der Waals surface area contributed by atoms with Gasteiger partial charge in [-0.15, -0.1) is 10.2 Å². The molecule has 1 aromatic heterocycles. The molecule has 0 spiro atoms. The van der Waals surface area contributed by atoms with E-state index in [1.54, 1.807) is 6.07 Å². The number of aliphatic hydroxyl groups is 1. The van der Waals surface area contributed by atoms with E-state index in [1.165, 1.54) is 6.07 Å². The molecule has 5 nitrogen and oxygen atoms in total. The zero-order valence-electron chi connectivity index (χ0n) is 17.5. The van der Waals surface area contributed by atoms with Crippen LogP contribution in [0.3, 0.4) is 0 Å². The van der Waals surface area contributed by atoms with Crippen molar-refractivity contribution in [1.82, 2.24) is 15.1 Å². The van der Waals surface area contributed by atoms with Crippen LogP contribution in [0.2, 0.25) is 0 Å². The lowest BCUT2D eigenvalue weighted by atomic mass is 9.72. The monoisotopic (exact) mass is 432 g/mol. The number of hydrogen-bond donors (Lipinski definition) is 2. The number of anilines is 1. The van der Waals surface area contributed by atoms with Crippen molar-refractivity contribution in [2.24, 2.45) is 17.8 Å². The zero-order valence-corrected chi connectivity index (χ0v) is 17.5. The Hall–Kier alpha value is -2.19. The fraction of sp³-hybridized carbons (Fsp3) is 0.565. The van der Waals surface area contributed by atoms with E-state index in [2.05, 4.69) is 20.4 Å². The fourth-order valence-electron chi connectivity index (χ4n) is 5.85. The lowest BCUT2D eigenvalue weighted by Crippen LogP contribution is -2.45. The Kier molecular flexibility index (Phi) is 5.17. The maximum atomic E-state index is 14.0. The van der Waals surface area contributed by atoms with Crippen molar-refractivity contribution in [2.45, 2.75) is 44.2 Å². The van der Waals surface area contributed by atoms with Gasteiger partial charge < -0.3 is 15.3 Å². The lowest BCUT2D eigenvalue weighted by molar-refractivity contribution is -0.0648. The van der Waals surface area contributed by atoms with Gasteiger partial charge in [-0.3, -0.25) is 0 Å². The molecule has 1 aromatic carbocycles. The van der Waals surface area contributed by atoms with Gasteiger partial charge in [-0.25, -0.2) is 13.2 Å². The summed E-state index contributed by atoms with van der Waals surface area (Å²) in [5.74, 6) is -0.702. The van der Waals surface area contributed by atoms with Crippen LogP contribution in [0.15, 0.2) is 24.3 Å². The van der Waals surface area contributed by atoms with Crippen molar-refractivity contribution in [3.63, 3.8) is 0 Å². The molecule has 2 aromatic rings. The van der Waals surface area contributed by atoms with Gasteiger partial charge >= 0.3 is 0 Å². The van der Waals surface area contributed by atoms with E-state index in [4.69, 9.17) is 0 Å². The molecule has 1 saturated heterocycles. The number of hydrogen-bond acceptors (Lipinski definition) is 5. The van der Waals surface area contributed by atoms with Crippen molar-refractivity contribution in [1.29, 1.82) is 0 Å². The second-order valence-corrected chi connectivity index (χ2v) is 9.88. The van der Waals surface area contributed by atoms with Crippen LogP contribution >= 0.6 is 0 Å². The van der Waals surface area contributed by atoms with E-state index in [9.17, 15) is 18.3 Å². The first-order valence-corrected chi connectivity index (χ1v) is 11.0. The van der Waals surface area contributed by atoms with Crippen LogP contribution in [0.1, 0.15) is 32.6 Å². The molecule has 5 rings (SSSR count). The van der Waals surface area contributed by atoms with E-state index in [-0.39, 0.29) is 11.3 Å². The van der Waals surface area contributed by atoms with Crippen LogP contribution in [0.4, 0.5) is 19.0 Å². The zero-order chi connectivity index (χ0) is 21.8. The summed E-state index contributed by atoms with van der Waals surface area (Å²) in [4.78, 5) is 2.55. The van der Waals surface area contributed by atoms with Gasteiger partial charge in [0.2, 0.25) is 0 Å². The highest BCUT2D eigenvalue weighted by Gasteiger charge is 2.44. The number of halogens is 3. The van der Waals surface area contributed by atoms with E-state index >= 15 is 0 Å². The molecule has 3 aliphatic rings. The van der Waals surface area contributed by atoms with Gasteiger partial charge in [0, 0.05) is 37.3 Å². The van der Waals surface area contributed by atoms with E-state index in [1.807, 2.05) is 6.92 Å². The van der Waals surface area contributed by atoms with Crippen molar-refractivity contribution in [2.75, 3.05) is 25.0 Å². The summed E-state index contributed by atoms with van der Waals surface area (Å²) in [6, 6.07) is 4.94. The Bertz CT molecular complexity index is 946. The Morgan fingerprint density at radius 2 is 1.81 bits per heavy atom. The highest BCUT2D eigenvalue weighted by atomic mass is 19.2. The van der Waals surface area contributed by atoms with Crippen LogP contribution in [0, 0.1) is 35.2 Å². The summed E-state index contributed by atoms with van der Waals surface area (Å²) in [6.07, 6.45) is 3.95. The van der Waals surface area contributed by atoms with Gasteiger partial charge in [0.15, 0.2) is 11.6 Å². The van der Waals surface area contributed by atoms with Crippen molar-refractivity contribution < 1.29 is 18.3 Å². The maximum Gasteiger partial charge on any atom is 0.168 e. The van der Waals surface area contributed by atoms with Crippen LogP contribution in [-0.2, 0) is 0 Å². The summed E-state index contributed by atoms with van der Waals surface area (Å²) >= 11 is 0. The standard InChI is InChI=1S/C23H27F3N4O/c1-23(31)8-13(9-23)10-30-11-14-4-17(5-15(14)12-30)27-21-3-2-20(28-29-21)18-6-16(24)7-19(25)22(18)26/h2-3,6-7,13-15,17,31H,4-5,8-12H2,1H3,(H,27,29)/t13?,14-,15+,17?,23?. The molecular formula is C23H27F3N4O. The minimum absolute atomic E-state index is 0.0929. The average molecular weight is 432 g/mol. The predicted molar refractivity (Wildman–Crippen MR) is 111 cm³/mol. The van der Waals surface area contributed by atoms with Gasteiger partial charge in [0.25, 0.3) is 0 Å². The van der Waals surface area contributed by atoms with Gasteiger partial charge in [-0.05, 0) is 68.6 Å². The number of fused-ring (bicyclic) bond motifs is 1. The molecule has 2 saturated carbocycles. The van der Waals surface area contributed by atoms with Crippen molar-refractivity contribution in [3.05, 3.63) is 41.7 Å². The summed E-state index contributed by atoms with van der Waals surface area (Å²) in [6.45, 7) is 5.22. The van der Waals surface area contributed by atoms with Gasteiger partial charge in [0.05, 0.1) is 11.3 Å². The number of rotatable bonds is 5. The van der Waals surface area contributed by atoms with E-state index < -0.39 is 23.1 Å². The first-order valence-electron chi connectivity index (χ1n) is 11.0. The highest BCUT2D eigenvalue weighted by molar-refractivity contribution is 5.60.